The van der Waals surface area contributed by atoms with Crippen LogP contribution in [0.15, 0.2) is 30.6 Å². The van der Waals surface area contributed by atoms with Gasteiger partial charge in [-0.05, 0) is 28.1 Å². The van der Waals surface area contributed by atoms with E-state index >= 15 is 0 Å². The van der Waals surface area contributed by atoms with Crippen molar-refractivity contribution in [2.75, 3.05) is 0 Å². The van der Waals surface area contributed by atoms with Gasteiger partial charge in [0.25, 0.3) is 0 Å². The third-order valence-electron chi connectivity index (χ3n) is 2.07. The van der Waals surface area contributed by atoms with Crippen molar-refractivity contribution < 1.29 is 8.81 Å². The standard InChI is InChI=1S/C9H5BrFNO3/c1-12-7-3-5(10)6(11)2-4(7)8(13)15-9(12)14/h2-3H,1H3. The van der Waals surface area contributed by atoms with E-state index in [4.69, 9.17) is 0 Å². The van der Waals surface area contributed by atoms with Gasteiger partial charge in [-0.25, -0.2) is 14.0 Å². The fourth-order valence-corrected chi connectivity index (χ4v) is 1.61. The van der Waals surface area contributed by atoms with E-state index in [-0.39, 0.29) is 9.86 Å². The minimum atomic E-state index is -0.834. The maximum Gasteiger partial charge on any atom is 0.422 e. The SMILES string of the molecule is Cn1c(=O)oc(=O)c2cc(F)c(Br)cc21. The van der Waals surface area contributed by atoms with Gasteiger partial charge in [0, 0.05) is 7.05 Å². The number of halogens is 2. The number of rotatable bonds is 0. The van der Waals surface area contributed by atoms with E-state index in [9.17, 15) is 14.0 Å². The summed E-state index contributed by atoms with van der Waals surface area (Å²) in [6, 6.07) is 2.40. The van der Waals surface area contributed by atoms with Crippen LogP contribution in [-0.4, -0.2) is 4.57 Å². The second-order valence-electron chi connectivity index (χ2n) is 3.00. The molecule has 1 aromatic heterocycles. The molecular weight excluding hydrogens is 269 g/mol. The van der Waals surface area contributed by atoms with Crippen molar-refractivity contribution in [1.29, 1.82) is 0 Å². The molecule has 1 aromatic carbocycles. The van der Waals surface area contributed by atoms with E-state index in [1.54, 1.807) is 0 Å². The molecular formula is C9H5BrFNO3. The van der Waals surface area contributed by atoms with E-state index < -0.39 is 17.2 Å². The van der Waals surface area contributed by atoms with Crippen molar-refractivity contribution in [1.82, 2.24) is 4.57 Å². The van der Waals surface area contributed by atoms with Crippen molar-refractivity contribution in [2.24, 2.45) is 7.05 Å². The zero-order valence-electron chi connectivity index (χ0n) is 7.58. The van der Waals surface area contributed by atoms with Crippen LogP contribution in [0.4, 0.5) is 4.39 Å². The first kappa shape index (κ1) is 10.1. The number of benzene rings is 1. The van der Waals surface area contributed by atoms with Gasteiger partial charge >= 0.3 is 11.4 Å². The summed E-state index contributed by atoms with van der Waals surface area (Å²) in [5.41, 5.74) is -0.510. The van der Waals surface area contributed by atoms with Gasteiger partial charge in [0.1, 0.15) is 5.82 Å². The molecule has 0 atom stereocenters. The molecule has 78 valence electrons. The average molecular weight is 274 g/mol. The Bertz CT molecular complexity index is 659. The third kappa shape index (κ3) is 1.50. The lowest BCUT2D eigenvalue weighted by Crippen LogP contribution is -2.22. The van der Waals surface area contributed by atoms with Gasteiger partial charge in [0.2, 0.25) is 0 Å². The predicted octanol–water partition coefficient (Wildman–Crippen LogP) is 1.39. The van der Waals surface area contributed by atoms with Crippen molar-refractivity contribution in [2.45, 2.75) is 0 Å². The van der Waals surface area contributed by atoms with E-state index in [1.165, 1.54) is 13.1 Å². The fraction of sp³-hybridized carbons (Fsp3) is 0.111. The maximum atomic E-state index is 13.1. The number of hydrogen-bond donors (Lipinski definition) is 0. The molecule has 0 saturated heterocycles. The number of aromatic nitrogens is 1. The molecule has 0 saturated carbocycles. The molecule has 0 aliphatic heterocycles. The normalized spacial score (nSPS) is 10.9. The van der Waals surface area contributed by atoms with Crippen LogP contribution < -0.4 is 11.4 Å². The monoisotopic (exact) mass is 273 g/mol. The lowest BCUT2D eigenvalue weighted by molar-refractivity contribution is 0.432. The van der Waals surface area contributed by atoms with Gasteiger partial charge < -0.3 is 4.42 Å². The maximum absolute atomic E-state index is 13.1. The van der Waals surface area contributed by atoms with E-state index in [0.717, 1.165) is 10.6 Å². The second kappa shape index (κ2) is 3.30. The zero-order chi connectivity index (χ0) is 11.2. The van der Waals surface area contributed by atoms with Crippen LogP contribution in [0, 0.1) is 5.82 Å². The quantitative estimate of drug-likeness (QED) is 0.729. The van der Waals surface area contributed by atoms with Crippen molar-refractivity contribution in [3.8, 4) is 0 Å². The van der Waals surface area contributed by atoms with Gasteiger partial charge in [-0.2, -0.15) is 0 Å². The summed E-state index contributed by atoms with van der Waals surface area (Å²) < 4.78 is 18.9. The van der Waals surface area contributed by atoms with Gasteiger partial charge in [0.05, 0.1) is 15.4 Å². The lowest BCUT2D eigenvalue weighted by atomic mass is 10.2. The molecule has 0 aliphatic rings. The summed E-state index contributed by atoms with van der Waals surface area (Å²) in [6.45, 7) is 0. The molecule has 1 heterocycles. The van der Waals surface area contributed by atoms with Gasteiger partial charge in [-0.1, -0.05) is 0 Å². The molecule has 0 aliphatic carbocycles. The Hall–Kier alpha value is -1.43. The highest BCUT2D eigenvalue weighted by molar-refractivity contribution is 9.10. The Balaban J connectivity index is 3.11. The molecule has 0 fully saturated rings. The molecule has 0 bridgehead atoms. The Morgan fingerprint density at radius 2 is 2.07 bits per heavy atom. The number of aryl methyl sites for hydroxylation is 1. The van der Waals surface area contributed by atoms with Gasteiger partial charge in [-0.15, -0.1) is 0 Å². The topological polar surface area (TPSA) is 52.2 Å². The number of fused-ring (bicyclic) bond motifs is 1. The van der Waals surface area contributed by atoms with Crippen LogP contribution in [0.1, 0.15) is 0 Å². The highest BCUT2D eigenvalue weighted by Gasteiger charge is 2.10. The molecule has 0 amide bonds. The molecule has 2 aromatic rings. The molecule has 6 heteroatoms. The van der Waals surface area contributed by atoms with Crippen LogP contribution in [0.5, 0.6) is 0 Å². The molecule has 0 radical (unpaired) electrons. The minimum absolute atomic E-state index is 0.0396. The van der Waals surface area contributed by atoms with Crippen LogP contribution in [0.2, 0.25) is 0 Å². The second-order valence-corrected chi connectivity index (χ2v) is 3.85. The highest BCUT2D eigenvalue weighted by atomic mass is 79.9. The molecule has 15 heavy (non-hydrogen) atoms. The Morgan fingerprint density at radius 3 is 2.73 bits per heavy atom. The average Bonchev–Trinajstić information content (AvgIpc) is 2.18. The van der Waals surface area contributed by atoms with Gasteiger partial charge in [0.15, 0.2) is 0 Å². The first-order chi connectivity index (χ1) is 7.00. The van der Waals surface area contributed by atoms with Crippen molar-refractivity contribution in [3.63, 3.8) is 0 Å². The largest absolute Gasteiger partial charge is 0.422 e. The summed E-state index contributed by atoms with van der Waals surface area (Å²) >= 11 is 2.98. The molecule has 0 unspecified atom stereocenters. The lowest BCUT2D eigenvalue weighted by Gasteiger charge is -2.03. The van der Waals surface area contributed by atoms with E-state index in [2.05, 4.69) is 20.3 Å². The van der Waals surface area contributed by atoms with E-state index in [0.29, 0.717) is 5.52 Å². The third-order valence-corrected chi connectivity index (χ3v) is 2.68. The Morgan fingerprint density at radius 1 is 1.40 bits per heavy atom. The molecule has 0 N–H and O–H groups in total. The summed E-state index contributed by atoms with van der Waals surface area (Å²) in [7, 11) is 1.44. The summed E-state index contributed by atoms with van der Waals surface area (Å²) in [6.07, 6.45) is 0. The van der Waals surface area contributed by atoms with Gasteiger partial charge in [-0.3, -0.25) is 4.57 Å². The fourth-order valence-electron chi connectivity index (χ4n) is 1.28. The number of hydrogen-bond acceptors (Lipinski definition) is 3. The zero-order valence-corrected chi connectivity index (χ0v) is 9.17. The van der Waals surface area contributed by atoms with Crippen LogP contribution in [-0.2, 0) is 7.05 Å². The van der Waals surface area contributed by atoms with Crippen LogP contribution in [0.3, 0.4) is 0 Å². The summed E-state index contributed by atoms with van der Waals surface area (Å²) in [5, 5.41) is 0.0396. The highest BCUT2D eigenvalue weighted by Crippen LogP contribution is 2.19. The molecule has 2 rings (SSSR count). The van der Waals surface area contributed by atoms with E-state index in [1.807, 2.05) is 0 Å². The smallest absolute Gasteiger partial charge is 0.372 e. The van der Waals surface area contributed by atoms with Crippen LogP contribution in [0.25, 0.3) is 10.9 Å². The predicted molar refractivity (Wildman–Crippen MR) is 55.4 cm³/mol. The molecule has 4 nitrogen and oxygen atoms in total. The molecule has 0 spiro atoms. The van der Waals surface area contributed by atoms with Crippen molar-refractivity contribution >= 4 is 26.8 Å². The minimum Gasteiger partial charge on any atom is -0.372 e. The first-order valence-corrected chi connectivity index (χ1v) is 4.79. The summed E-state index contributed by atoms with van der Waals surface area (Å²) in [4.78, 5) is 22.4. The summed E-state index contributed by atoms with van der Waals surface area (Å²) in [5.74, 6) is -1.35. The number of nitrogens with zero attached hydrogens (tertiary/aromatic N) is 1. The van der Waals surface area contributed by atoms with Crippen LogP contribution >= 0.6 is 15.9 Å². The Kier molecular flexibility index (Phi) is 2.22. The Labute approximate surface area is 91.1 Å². The first-order valence-electron chi connectivity index (χ1n) is 3.99. The van der Waals surface area contributed by atoms with Crippen molar-refractivity contribution in [3.05, 3.63) is 43.4 Å².